The van der Waals surface area contributed by atoms with Gasteiger partial charge in [-0.2, -0.15) is 0 Å². The van der Waals surface area contributed by atoms with Gasteiger partial charge in [-0.15, -0.1) is 6.58 Å². The largest absolute Gasteiger partial charge is 0.359 e. The van der Waals surface area contributed by atoms with Gasteiger partial charge in [0.1, 0.15) is 0 Å². The fourth-order valence-electron chi connectivity index (χ4n) is 1.26. The molecule has 1 aromatic carbocycles. The normalized spacial score (nSPS) is 12.2. The molecule has 14 heavy (non-hydrogen) atoms. The highest BCUT2D eigenvalue weighted by atomic mass is 14.9. The van der Waals surface area contributed by atoms with Gasteiger partial charge in [0, 0.05) is 17.8 Å². The van der Waals surface area contributed by atoms with Crippen LogP contribution in [0, 0.1) is 0 Å². The van der Waals surface area contributed by atoms with Crippen molar-refractivity contribution in [3.05, 3.63) is 54.8 Å². The van der Waals surface area contributed by atoms with Crippen LogP contribution < -0.4 is 5.32 Å². The zero-order valence-electron chi connectivity index (χ0n) is 8.72. The van der Waals surface area contributed by atoms with Crippen molar-refractivity contribution in [3.63, 3.8) is 0 Å². The Morgan fingerprint density at radius 1 is 1.43 bits per heavy atom. The van der Waals surface area contributed by atoms with Crippen molar-refractivity contribution in [2.24, 2.45) is 0 Å². The molecule has 0 atom stereocenters. The zero-order chi connectivity index (χ0) is 10.4. The molecule has 1 N–H and O–H groups in total. The molecule has 0 aliphatic carbocycles. The Labute approximate surface area is 86.2 Å². The van der Waals surface area contributed by atoms with Crippen LogP contribution in [-0.2, 0) is 6.42 Å². The predicted octanol–water partition coefficient (Wildman–Crippen LogP) is 3.75. The minimum absolute atomic E-state index is 0.982. The standard InChI is InChI=1S/C9H9N.C4H8/c1-7-6-8-4-2-3-5-9(8)10-7;1-3-4-2/h2-5,10H,1,6H2;3H,1,4H2,2H3. The maximum atomic E-state index is 3.86. The molecular weight excluding hydrogens is 170 g/mol. The third-order valence-corrected chi connectivity index (χ3v) is 2.02. The van der Waals surface area contributed by atoms with Crippen molar-refractivity contribution in [1.82, 2.24) is 0 Å². The highest BCUT2D eigenvalue weighted by molar-refractivity contribution is 5.61. The van der Waals surface area contributed by atoms with Crippen LogP contribution in [0.1, 0.15) is 18.9 Å². The molecule has 0 spiro atoms. The Balaban J connectivity index is 0.000000213. The number of nitrogens with one attached hydrogen (secondary N) is 1. The summed E-state index contributed by atoms with van der Waals surface area (Å²) in [5, 5.41) is 3.20. The van der Waals surface area contributed by atoms with Gasteiger partial charge >= 0.3 is 0 Å². The van der Waals surface area contributed by atoms with Crippen LogP contribution in [0.5, 0.6) is 0 Å². The van der Waals surface area contributed by atoms with Gasteiger partial charge in [-0.3, -0.25) is 0 Å². The molecule has 0 saturated carbocycles. The molecule has 0 amide bonds. The zero-order valence-corrected chi connectivity index (χ0v) is 8.72. The number of fused-ring (bicyclic) bond motifs is 1. The average Bonchev–Trinajstić information content (AvgIpc) is 2.58. The first-order valence-corrected chi connectivity index (χ1v) is 4.91. The lowest BCUT2D eigenvalue weighted by atomic mass is 10.2. The first-order valence-electron chi connectivity index (χ1n) is 4.91. The third kappa shape index (κ3) is 2.77. The Morgan fingerprint density at radius 3 is 2.64 bits per heavy atom. The topological polar surface area (TPSA) is 12.0 Å². The average molecular weight is 187 g/mol. The molecule has 0 saturated heterocycles. The SMILES string of the molecule is C=C1Cc2ccccc2N1.C=CCC. The summed E-state index contributed by atoms with van der Waals surface area (Å²) >= 11 is 0. The van der Waals surface area contributed by atoms with E-state index in [-0.39, 0.29) is 0 Å². The van der Waals surface area contributed by atoms with E-state index in [0.717, 1.165) is 18.5 Å². The number of benzene rings is 1. The molecule has 2 rings (SSSR count). The van der Waals surface area contributed by atoms with E-state index in [0.29, 0.717) is 0 Å². The number of hydrogen-bond acceptors (Lipinski definition) is 1. The van der Waals surface area contributed by atoms with Gasteiger partial charge in [0.15, 0.2) is 0 Å². The Morgan fingerprint density at radius 2 is 2.07 bits per heavy atom. The van der Waals surface area contributed by atoms with Crippen LogP contribution in [0.4, 0.5) is 5.69 Å². The van der Waals surface area contributed by atoms with Gasteiger partial charge in [-0.25, -0.2) is 0 Å². The van der Waals surface area contributed by atoms with Gasteiger partial charge in [0.2, 0.25) is 0 Å². The fourth-order valence-corrected chi connectivity index (χ4v) is 1.26. The van der Waals surface area contributed by atoms with E-state index in [2.05, 4.69) is 43.6 Å². The first-order chi connectivity index (χ1) is 6.77. The third-order valence-electron chi connectivity index (χ3n) is 2.02. The van der Waals surface area contributed by atoms with E-state index in [1.54, 1.807) is 0 Å². The molecular formula is C13H17N. The summed E-state index contributed by atoms with van der Waals surface area (Å²) in [7, 11) is 0. The molecule has 1 aliphatic rings. The molecule has 74 valence electrons. The van der Waals surface area contributed by atoms with E-state index >= 15 is 0 Å². The predicted molar refractivity (Wildman–Crippen MR) is 63.4 cm³/mol. The van der Waals surface area contributed by atoms with E-state index in [9.17, 15) is 0 Å². The Kier molecular flexibility index (Phi) is 3.99. The summed E-state index contributed by atoms with van der Waals surface area (Å²) in [4.78, 5) is 0. The minimum atomic E-state index is 0.982. The summed E-state index contributed by atoms with van der Waals surface area (Å²) in [6.45, 7) is 9.40. The monoisotopic (exact) mass is 187 g/mol. The molecule has 1 aromatic rings. The summed E-state index contributed by atoms with van der Waals surface area (Å²) in [6, 6.07) is 8.29. The first kappa shape index (κ1) is 10.6. The second kappa shape index (κ2) is 5.28. The molecule has 0 fully saturated rings. The van der Waals surface area contributed by atoms with E-state index in [1.165, 1.54) is 11.3 Å². The number of hydrogen-bond donors (Lipinski definition) is 1. The molecule has 0 radical (unpaired) electrons. The second-order valence-corrected chi connectivity index (χ2v) is 3.26. The van der Waals surface area contributed by atoms with Gasteiger partial charge in [0.05, 0.1) is 0 Å². The smallest absolute Gasteiger partial charge is 0.0418 e. The van der Waals surface area contributed by atoms with Crippen LogP contribution in [0.15, 0.2) is 49.2 Å². The van der Waals surface area contributed by atoms with E-state index in [4.69, 9.17) is 0 Å². The minimum Gasteiger partial charge on any atom is -0.359 e. The summed E-state index contributed by atoms with van der Waals surface area (Å²) in [6.07, 6.45) is 3.94. The quantitative estimate of drug-likeness (QED) is 0.660. The van der Waals surface area contributed by atoms with Crippen molar-refractivity contribution < 1.29 is 0 Å². The maximum absolute atomic E-state index is 3.86. The van der Waals surface area contributed by atoms with Crippen molar-refractivity contribution in [1.29, 1.82) is 0 Å². The van der Waals surface area contributed by atoms with Crippen molar-refractivity contribution >= 4 is 5.69 Å². The lowest BCUT2D eigenvalue weighted by molar-refractivity contribution is 1.23. The molecule has 1 heteroatoms. The number of allylic oxidation sites excluding steroid dienone is 2. The van der Waals surface area contributed by atoms with Gasteiger partial charge in [0.25, 0.3) is 0 Å². The summed E-state index contributed by atoms with van der Waals surface area (Å²) in [5.41, 5.74) is 3.67. The van der Waals surface area contributed by atoms with Crippen LogP contribution in [0.25, 0.3) is 0 Å². The molecule has 0 unspecified atom stereocenters. The van der Waals surface area contributed by atoms with Crippen LogP contribution in [0.2, 0.25) is 0 Å². The Bertz CT molecular complexity index is 299. The maximum Gasteiger partial charge on any atom is 0.0418 e. The van der Waals surface area contributed by atoms with Gasteiger partial charge in [-0.1, -0.05) is 37.8 Å². The summed E-state index contributed by atoms with van der Waals surface area (Å²) < 4.78 is 0. The molecule has 1 aliphatic heterocycles. The molecule has 0 bridgehead atoms. The van der Waals surface area contributed by atoms with Crippen LogP contribution in [-0.4, -0.2) is 0 Å². The number of anilines is 1. The van der Waals surface area contributed by atoms with Gasteiger partial charge < -0.3 is 5.32 Å². The number of rotatable bonds is 1. The second-order valence-electron chi connectivity index (χ2n) is 3.26. The van der Waals surface area contributed by atoms with Crippen LogP contribution >= 0.6 is 0 Å². The van der Waals surface area contributed by atoms with E-state index in [1.807, 2.05) is 12.1 Å². The van der Waals surface area contributed by atoms with E-state index < -0.39 is 0 Å². The Hall–Kier alpha value is -1.50. The lowest BCUT2D eigenvalue weighted by Gasteiger charge is -1.95. The van der Waals surface area contributed by atoms with Crippen molar-refractivity contribution in [2.75, 3.05) is 5.32 Å². The summed E-state index contributed by atoms with van der Waals surface area (Å²) in [5.74, 6) is 0. The lowest BCUT2D eigenvalue weighted by Crippen LogP contribution is -1.86. The van der Waals surface area contributed by atoms with Crippen molar-refractivity contribution in [2.45, 2.75) is 19.8 Å². The highest BCUT2D eigenvalue weighted by Crippen LogP contribution is 2.25. The van der Waals surface area contributed by atoms with Crippen LogP contribution in [0.3, 0.4) is 0 Å². The molecule has 0 aromatic heterocycles. The molecule has 1 heterocycles. The van der Waals surface area contributed by atoms with Gasteiger partial charge in [-0.05, 0) is 18.1 Å². The highest BCUT2D eigenvalue weighted by Gasteiger charge is 2.10. The molecule has 1 nitrogen and oxygen atoms in total. The number of para-hydroxylation sites is 1. The fraction of sp³-hybridized carbons (Fsp3) is 0.231. The van der Waals surface area contributed by atoms with Crippen molar-refractivity contribution in [3.8, 4) is 0 Å².